The van der Waals surface area contributed by atoms with Gasteiger partial charge in [-0.2, -0.15) is 0 Å². The summed E-state index contributed by atoms with van der Waals surface area (Å²) in [4.78, 5) is 1.12. The molecule has 0 bridgehead atoms. The van der Waals surface area contributed by atoms with E-state index < -0.39 is 0 Å². The minimum atomic E-state index is 0.402. The van der Waals surface area contributed by atoms with Gasteiger partial charge in [0, 0.05) is 9.13 Å². The van der Waals surface area contributed by atoms with Crippen molar-refractivity contribution in [3.8, 4) is 10.6 Å². The smallest absolute Gasteiger partial charge is 0.225 e. The first-order valence-electron chi connectivity index (χ1n) is 3.65. The Bertz CT molecular complexity index is 435. The quantitative estimate of drug-likeness (QED) is 0.824. The Morgan fingerprint density at radius 1 is 1.62 bits per heavy atom. The molecule has 0 amide bonds. The molecule has 0 unspecified atom stereocenters. The van der Waals surface area contributed by atoms with E-state index in [9.17, 15) is 0 Å². The number of nitrogens with two attached hydrogens (primary N) is 1. The lowest BCUT2D eigenvalue weighted by Crippen LogP contribution is -1.84. The normalized spacial score (nSPS) is 10.6. The molecule has 5 heteroatoms. The predicted molar refractivity (Wildman–Crippen MR) is 61.7 cm³/mol. The summed E-state index contributed by atoms with van der Waals surface area (Å²) >= 11 is 3.92. The van der Waals surface area contributed by atoms with Gasteiger partial charge in [-0.15, -0.1) is 11.3 Å². The van der Waals surface area contributed by atoms with Gasteiger partial charge in [0.15, 0.2) is 0 Å². The Morgan fingerprint density at radius 3 is 2.85 bits per heavy atom. The lowest BCUT2D eigenvalue weighted by molar-refractivity contribution is 0.439. The second kappa shape index (κ2) is 3.30. The van der Waals surface area contributed by atoms with Crippen LogP contribution >= 0.6 is 33.9 Å². The Morgan fingerprint density at radius 2 is 2.38 bits per heavy atom. The van der Waals surface area contributed by atoms with Crippen LogP contribution in [-0.2, 0) is 0 Å². The second-order valence-electron chi connectivity index (χ2n) is 2.62. The summed E-state index contributed by atoms with van der Waals surface area (Å²) in [5.41, 5.74) is 7.35. The molecule has 0 aliphatic rings. The zero-order valence-electron chi connectivity index (χ0n) is 6.87. The number of anilines is 1. The number of halogens is 1. The van der Waals surface area contributed by atoms with Gasteiger partial charge in [0.1, 0.15) is 5.69 Å². The first kappa shape index (κ1) is 9.01. The molecule has 0 spiro atoms. The van der Waals surface area contributed by atoms with Gasteiger partial charge in [-0.05, 0) is 41.0 Å². The number of thiophene rings is 1. The van der Waals surface area contributed by atoms with Crippen molar-refractivity contribution in [1.82, 2.24) is 5.16 Å². The monoisotopic (exact) mass is 306 g/mol. The molecule has 0 aliphatic carbocycles. The van der Waals surface area contributed by atoms with E-state index in [0.717, 1.165) is 16.1 Å². The highest BCUT2D eigenvalue weighted by Gasteiger charge is 2.14. The van der Waals surface area contributed by atoms with Gasteiger partial charge in [0.2, 0.25) is 5.88 Å². The summed E-state index contributed by atoms with van der Waals surface area (Å²) in [7, 11) is 0. The average molecular weight is 306 g/mol. The van der Waals surface area contributed by atoms with Gasteiger partial charge in [0.05, 0.1) is 4.88 Å². The summed E-state index contributed by atoms with van der Waals surface area (Å²) in [6, 6.07) is 2.05. The molecule has 0 atom stereocenters. The molecule has 0 saturated heterocycles. The van der Waals surface area contributed by atoms with E-state index in [2.05, 4.69) is 27.7 Å². The molecular weight excluding hydrogens is 299 g/mol. The van der Waals surface area contributed by atoms with Gasteiger partial charge in [-0.1, -0.05) is 5.16 Å². The van der Waals surface area contributed by atoms with Crippen LogP contribution in [0.4, 0.5) is 5.88 Å². The molecule has 2 heterocycles. The summed E-state index contributed by atoms with van der Waals surface area (Å²) in [5, 5.41) is 5.95. The maximum atomic E-state index is 5.57. The van der Waals surface area contributed by atoms with Crippen LogP contribution in [0, 0.1) is 10.5 Å². The molecule has 2 aromatic rings. The minimum absolute atomic E-state index is 0.402. The molecule has 0 radical (unpaired) electrons. The molecule has 68 valence electrons. The van der Waals surface area contributed by atoms with Crippen molar-refractivity contribution in [3.05, 3.63) is 20.6 Å². The Kier molecular flexibility index (Phi) is 2.29. The highest BCUT2D eigenvalue weighted by Crippen LogP contribution is 2.33. The van der Waals surface area contributed by atoms with Crippen LogP contribution in [0.3, 0.4) is 0 Å². The Hall–Kier alpha value is -0.560. The maximum absolute atomic E-state index is 5.57. The van der Waals surface area contributed by atoms with E-state index in [1.807, 2.05) is 18.4 Å². The summed E-state index contributed by atoms with van der Waals surface area (Å²) in [5.74, 6) is 0.402. The standard InChI is InChI=1S/C8H7IN2OS/c1-4-6(11-12-8(4)10)7-5(9)2-3-13-7/h2-3H,10H2,1H3. The van der Waals surface area contributed by atoms with Crippen LogP contribution in [0.2, 0.25) is 0 Å². The molecule has 0 aliphatic heterocycles. The summed E-state index contributed by atoms with van der Waals surface area (Å²) in [6.07, 6.45) is 0. The van der Waals surface area contributed by atoms with Crippen LogP contribution in [0.25, 0.3) is 10.6 Å². The number of nitrogens with zero attached hydrogens (tertiary/aromatic N) is 1. The van der Waals surface area contributed by atoms with E-state index in [0.29, 0.717) is 5.88 Å². The van der Waals surface area contributed by atoms with Crippen molar-refractivity contribution in [2.24, 2.45) is 0 Å². The highest BCUT2D eigenvalue weighted by atomic mass is 127. The van der Waals surface area contributed by atoms with Crippen LogP contribution in [0.5, 0.6) is 0 Å². The molecule has 2 N–H and O–H groups in total. The van der Waals surface area contributed by atoms with Gasteiger partial charge >= 0.3 is 0 Å². The molecule has 13 heavy (non-hydrogen) atoms. The number of hydrogen-bond donors (Lipinski definition) is 1. The molecular formula is C8H7IN2OS. The first-order chi connectivity index (χ1) is 6.20. The van der Waals surface area contributed by atoms with Crippen molar-refractivity contribution in [3.63, 3.8) is 0 Å². The largest absolute Gasteiger partial charge is 0.367 e. The van der Waals surface area contributed by atoms with E-state index in [1.54, 1.807) is 11.3 Å². The minimum Gasteiger partial charge on any atom is -0.367 e. The number of nitrogen functional groups attached to an aromatic ring is 1. The van der Waals surface area contributed by atoms with Crippen LogP contribution < -0.4 is 5.73 Å². The van der Waals surface area contributed by atoms with Crippen molar-refractivity contribution >= 4 is 39.8 Å². The van der Waals surface area contributed by atoms with Crippen LogP contribution in [-0.4, -0.2) is 5.16 Å². The lowest BCUT2D eigenvalue weighted by atomic mass is 10.2. The number of aromatic nitrogens is 1. The number of rotatable bonds is 1. The van der Waals surface area contributed by atoms with E-state index in [1.165, 1.54) is 3.57 Å². The van der Waals surface area contributed by atoms with Crippen molar-refractivity contribution in [2.45, 2.75) is 6.92 Å². The molecule has 2 rings (SSSR count). The topological polar surface area (TPSA) is 52.0 Å². The summed E-state index contributed by atoms with van der Waals surface area (Å²) < 4.78 is 6.08. The van der Waals surface area contributed by atoms with Crippen molar-refractivity contribution in [1.29, 1.82) is 0 Å². The Balaban J connectivity index is 2.59. The summed E-state index contributed by atoms with van der Waals surface area (Å²) in [6.45, 7) is 1.91. The molecule has 3 nitrogen and oxygen atoms in total. The molecule has 0 aromatic carbocycles. The van der Waals surface area contributed by atoms with Crippen LogP contribution in [0.15, 0.2) is 16.0 Å². The zero-order valence-corrected chi connectivity index (χ0v) is 9.85. The molecule has 2 aromatic heterocycles. The third-order valence-electron chi connectivity index (χ3n) is 1.79. The maximum Gasteiger partial charge on any atom is 0.225 e. The predicted octanol–water partition coefficient (Wildman–Crippen LogP) is 2.90. The third kappa shape index (κ3) is 1.46. The molecule has 0 fully saturated rings. The van der Waals surface area contributed by atoms with E-state index >= 15 is 0 Å². The fourth-order valence-electron chi connectivity index (χ4n) is 1.02. The lowest BCUT2D eigenvalue weighted by Gasteiger charge is -1.92. The SMILES string of the molecule is Cc1c(-c2sccc2I)noc1N. The fourth-order valence-corrected chi connectivity index (χ4v) is 2.91. The average Bonchev–Trinajstić information content (AvgIpc) is 2.62. The van der Waals surface area contributed by atoms with Crippen LogP contribution in [0.1, 0.15) is 5.56 Å². The van der Waals surface area contributed by atoms with Gasteiger partial charge < -0.3 is 10.3 Å². The fraction of sp³-hybridized carbons (Fsp3) is 0.125. The van der Waals surface area contributed by atoms with Gasteiger partial charge in [0.25, 0.3) is 0 Å². The number of hydrogen-bond acceptors (Lipinski definition) is 4. The second-order valence-corrected chi connectivity index (χ2v) is 4.70. The Labute approximate surface area is 93.1 Å². The third-order valence-corrected chi connectivity index (χ3v) is 3.98. The molecule has 0 saturated carbocycles. The first-order valence-corrected chi connectivity index (χ1v) is 5.61. The van der Waals surface area contributed by atoms with Crippen molar-refractivity contribution in [2.75, 3.05) is 5.73 Å². The zero-order chi connectivity index (χ0) is 9.42. The highest BCUT2D eigenvalue weighted by molar-refractivity contribution is 14.1. The van der Waals surface area contributed by atoms with E-state index in [-0.39, 0.29) is 0 Å². The van der Waals surface area contributed by atoms with Gasteiger partial charge in [-0.25, -0.2) is 0 Å². The van der Waals surface area contributed by atoms with Gasteiger partial charge in [-0.3, -0.25) is 0 Å². The van der Waals surface area contributed by atoms with Crippen molar-refractivity contribution < 1.29 is 4.52 Å². The van der Waals surface area contributed by atoms with E-state index in [4.69, 9.17) is 10.3 Å².